The summed E-state index contributed by atoms with van der Waals surface area (Å²) in [5.41, 5.74) is 6.90. The van der Waals surface area contributed by atoms with E-state index in [0.29, 0.717) is 11.8 Å². The summed E-state index contributed by atoms with van der Waals surface area (Å²) in [7, 11) is 0. The van der Waals surface area contributed by atoms with Gasteiger partial charge in [0, 0.05) is 38.3 Å². The number of hydrogen-bond donors (Lipinski definition) is 2. The van der Waals surface area contributed by atoms with Gasteiger partial charge in [-0.1, -0.05) is 64.1 Å². The molecule has 5 heteroatoms. The van der Waals surface area contributed by atoms with Crippen molar-refractivity contribution in [2.45, 2.75) is 39.5 Å². The molecule has 3 heterocycles. The van der Waals surface area contributed by atoms with Crippen LogP contribution in [0, 0.1) is 0 Å². The molecule has 0 aliphatic rings. The fourth-order valence-corrected chi connectivity index (χ4v) is 6.19. The summed E-state index contributed by atoms with van der Waals surface area (Å²) < 4.78 is 1.30. The molecule has 4 aromatic carbocycles. The lowest BCUT2D eigenvalue weighted by Crippen LogP contribution is -1.89. The standard InChI is InChI=1S/C32H28N4S/c1-17(2)31-33-16-27(34-31)23-8-7-19-13-20(5-6-21(19)14-23)22-9-10-24-26(15-22)30-25(11-12-37-30)29-28(24)35-32(36-29)18(3)4/h5-18H,1-4H3,(H,33,34)(H,35,36). The van der Waals surface area contributed by atoms with Crippen LogP contribution >= 0.6 is 11.3 Å². The van der Waals surface area contributed by atoms with E-state index < -0.39 is 0 Å². The zero-order valence-electron chi connectivity index (χ0n) is 21.4. The van der Waals surface area contributed by atoms with Crippen molar-refractivity contribution in [3.05, 3.63) is 83.9 Å². The highest BCUT2D eigenvalue weighted by Gasteiger charge is 2.16. The van der Waals surface area contributed by atoms with Crippen molar-refractivity contribution in [3.63, 3.8) is 0 Å². The number of nitrogens with zero attached hydrogens (tertiary/aromatic N) is 2. The van der Waals surface area contributed by atoms with Crippen molar-refractivity contribution in [3.8, 4) is 22.4 Å². The molecule has 0 radical (unpaired) electrons. The predicted octanol–water partition coefficient (Wildman–Crippen LogP) is 9.39. The van der Waals surface area contributed by atoms with Crippen LogP contribution in [-0.4, -0.2) is 19.9 Å². The lowest BCUT2D eigenvalue weighted by atomic mass is 9.96. The van der Waals surface area contributed by atoms with Gasteiger partial charge in [-0.3, -0.25) is 0 Å². The molecule has 0 spiro atoms. The van der Waals surface area contributed by atoms with E-state index >= 15 is 0 Å². The van der Waals surface area contributed by atoms with Gasteiger partial charge >= 0.3 is 0 Å². The predicted molar refractivity (Wildman–Crippen MR) is 158 cm³/mol. The number of aromatic nitrogens is 4. The van der Waals surface area contributed by atoms with Crippen molar-refractivity contribution in [1.82, 2.24) is 19.9 Å². The molecule has 0 fully saturated rings. The van der Waals surface area contributed by atoms with Crippen LogP contribution in [-0.2, 0) is 0 Å². The third-order valence-corrected chi connectivity index (χ3v) is 8.30. The average molecular weight is 501 g/mol. The van der Waals surface area contributed by atoms with Gasteiger partial charge in [-0.2, -0.15) is 0 Å². The highest BCUT2D eigenvalue weighted by atomic mass is 32.1. The van der Waals surface area contributed by atoms with Gasteiger partial charge in [-0.05, 0) is 51.5 Å². The molecule has 0 aliphatic heterocycles. The average Bonchev–Trinajstić information content (AvgIpc) is 3.67. The van der Waals surface area contributed by atoms with Crippen molar-refractivity contribution >= 4 is 54.0 Å². The summed E-state index contributed by atoms with van der Waals surface area (Å²) in [6.45, 7) is 8.68. The summed E-state index contributed by atoms with van der Waals surface area (Å²) in [4.78, 5) is 16.6. The van der Waals surface area contributed by atoms with Crippen LogP contribution in [0.4, 0.5) is 0 Å². The van der Waals surface area contributed by atoms with E-state index in [4.69, 9.17) is 4.98 Å². The van der Waals surface area contributed by atoms with Crippen LogP contribution in [0.15, 0.2) is 72.2 Å². The van der Waals surface area contributed by atoms with Gasteiger partial charge in [0.1, 0.15) is 11.6 Å². The summed E-state index contributed by atoms with van der Waals surface area (Å²) >= 11 is 1.80. The van der Waals surface area contributed by atoms with Crippen LogP contribution in [0.3, 0.4) is 0 Å². The second kappa shape index (κ2) is 8.29. The van der Waals surface area contributed by atoms with Gasteiger partial charge in [0.15, 0.2) is 0 Å². The first-order valence-electron chi connectivity index (χ1n) is 12.9. The Morgan fingerprint density at radius 1 is 0.676 bits per heavy atom. The molecule has 4 nitrogen and oxygen atoms in total. The van der Waals surface area contributed by atoms with E-state index in [2.05, 4.69) is 109 Å². The summed E-state index contributed by atoms with van der Waals surface area (Å²) in [6, 6.07) is 22.4. The number of benzene rings is 4. The van der Waals surface area contributed by atoms with E-state index in [1.54, 1.807) is 11.3 Å². The minimum absolute atomic E-state index is 0.360. The molecule has 2 N–H and O–H groups in total. The highest BCUT2D eigenvalue weighted by molar-refractivity contribution is 7.18. The monoisotopic (exact) mass is 500 g/mol. The minimum atomic E-state index is 0.360. The molecule has 182 valence electrons. The van der Waals surface area contributed by atoms with Gasteiger partial charge in [-0.15, -0.1) is 11.3 Å². The fourth-order valence-electron chi connectivity index (χ4n) is 5.26. The van der Waals surface area contributed by atoms with Crippen LogP contribution < -0.4 is 0 Å². The number of nitrogens with one attached hydrogen (secondary N) is 2. The molecule has 37 heavy (non-hydrogen) atoms. The second-order valence-electron chi connectivity index (χ2n) is 10.5. The zero-order chi connectivity index (χ0) is 25.3. The molecule has 0 bridgehead atoms. The van der Waals surface area contributed by atoms with E-state index in [1.165, 1.54) is 42.8 Å². The van der Waals surface area contributed by atoms with Crippen LogP contribution in [0.25, 0.3) is 65.0 Å². The Balaban J connectivity index is 1.33. The van der Waals surface area contributed by atoms with E-state index in [9.17, 15) is 0 Å². The Hall–Kier alpha value is -3.96. The number of H-pyrrole nitrogens is 2. The Morgan fingerprint density at radius 2 is 1.38 bits per heavy atom. The molecule has 0 amide bonds. The molecule has 7 rings (SSSR count). The van der Waals surface area contributed by atoms with Crippen molar-refractivity contribution in [1.29, 1.82) is 0 Å². The first-order valence-corrected chi connectivity index (χ1v) is 13.8. The van der Waals surface area contributed by atoms with Gasteiger partial charge in [-0.25, -0.2) is 9.97 Å². The Morgan fingerprint density at radius 3 is 2.14 bits per heavy atom. The molecule has 0 aliphatic carbocycles. The van der Waals surface area contributed by atoms with Crippen LogP contribution in [0.5, 0.6) is 0 Å². The number of rotatable bonds is 4. The van der Waals surface area contributed by atoms with Crippen LogP contribution in [0.2, 0.25) is 0 Å². The van der Waals surface area contributed by atoms with Crippen molar-refractivity contribution in [2.24, 2.45) is 0 Å². The summed E-state index contributed by atoms with van der Waals surface area (Å²) in [5.74, 6) is 2.81. The number of imidazole rings is 2. The van der Waals surface area contributed by atoms with E-state index in [1.807, 2.05) is 6.20 Å². The van der Waals surface area contributed by atoms with Gasteiger partial charge < -0.3 is 9.97 Å². The summed E-state index contributed by atoms with van der Waals surface area (Å²) in [6.07, 6.45) is 1.94. The summed E-state index contributed by atoms with van der Waals surface area (Å²) in [5, 5.41) is 8.39. The zero-order valence-corrected chi connectivity index (χ0v) is 22.2. The third kappa shape index (κ3) is 3.57. The van der Waals surface area contributed by atoms with E-state index in [0.717, 1.165) is 33.9 Å². The molecule has 3 aromatic heterocycles. The number of aromatic amines is 2. The number of thiophene rings is 1. The molecule has 0 saturated carbocycles. The molecule has 0 unspecified atom stereocenters. The van der Waals surface area contributed by atoms with Crippen molar-refractivity contribution < 1.29 is 0 Å². The molecular weight excluding hydrogens is 472 g/mol. The maximum absolute atomic E-state index is 4.96. The molecule has 7 aromatic rings. The molecule has 0 saturated heterocycles. The maximum atomic E-state index is 4.96. The number of fused-ring (bicyclic) bond motifs is 7. The number of hydrogen-bond acceptors (Lipinski definition) is 3. The third-order valence-electron chi connectivity index (χ3n) is 7.35. The first-order chi connectivity index (χ1) is 18.0. The smallest absolute Gasteiger partial charge is 0.109 e. The maximum Gasteiger partial charge on any atom is 0.109 e. The van der Waals surface area contributed by atoms with Gasteiger partial charge in [0.2, 0.25) is 0 Å². The first kappa shape index (κ1) is 22.3. The second-order valence-corrected chi connectivity index (χ2v) is 11.5. The SMILES string of the molecule is CC(C)c1ncc(-c2ccc3cc(-c4ccc5c(c4)c4sccc4c4nc(C(C)C)[nH]c54)ccc3c2)[nH]1. The minimum Gasteiger partial charge on any atom is -0.342 e. The fraction of sp³-hybridized carbons (Fsp3) is 0.188. The van der Waals surface area contributed by atoms with Gasteiger partial charge in [0.05, 0.1) is 22.9 Å². The quantitative estimate of drug-likeness (QED) is 0.253. The Kier molecular flexibility index (Phi) is 4.98. The van der Waals surface area contributed by atoms with E-state index in [-0.39, 0.29) is 0 Å². The Bertz CT molecular complexity index is 1950. The topological polar surface area (TPSA) is 57.4 Å². The Labute approximate surface area is 219 Å². The lowest BCUT2D eigenvalue weighted by molar-refractivity contribution is 0.795. The normalized spacial score (nSPS) is 12.3. The lowest BCUT2D eigenvalue weighted by Gasteiger charge is -2.09. The van der Waals surface area contributed by atoms with Gasteiger partial charge in [0.25, 0.3) is 0 Å². The highest BCUT2D eigenvalue weighted by Crippen LogP contribution is 2.39. The van der Waals surface area contributed by atoms with Crippen LogP contribution in [0.1, 0.15) is 51.2 Å². The molecular formula is C32H28N4S. The largest absolute Gasteiger partial charge is 0.342 e. The van der Waals surface area contributed by atoms with Crippen molar-refractivity contribution in [2.75, 3.05) is 0 Å². The molecule has 0 atom stereocenters.